The first-order valence-corrected chi connectivity index (χ1v) is 13.1. The van der Waals surface area contributed by atoms with E-state index in [4.69, 9.17) is 17.3 Å². The molecule has 0 spiro atoms. The van der Waals surface area contributed by atoms with E-state index in [2.05, 4.69) is 16.5 Å². The number of nitrogens with two attached hydrogens (primary N) is 1. The number of carbonyl (C=O) groups excluding carboxylic acids is 2. The Morgan fingerprint density at radius 3 is 2.60 bits per heavy atom. The molecule has 1 fully saturated rings. The number of likely N-dealkylation sites (N-methyl/N-ethyl adjacent to an activating group) is 1. The Balaban J connectivity index is 1.58. The average molecular weight is 591 g/mol. The first kappa shape index (κ1) is 26.3. The van der Waals surface area contributed by atoms with E-state index in [-0.39, 0.29) is 55.5 Å². The van der Waals surface area contributed by atoms with Crippen LogP contribution in [0.1, 0.15) is 6.92 Å². The van der Waals surface area contributed by atoms with Gasteiger partial charge in [0.2, 0.25) is 5.91 Å². The lowest BCUT2D eigenvalue weighted by molar-refractivity contribution is -0.140. The van der Waals surface area contributed by atoms with Crippen LogP contribution in [0.5, 0.6) is 0 Å². The molecule has 0 aliphatic carbocycles. The normalized spacial score (nSPS) is 18.9. The quantitative estimate of drug-likeness (QED) is 0.260. The highest BCUT2D eigenvalue weighted by Crippen LogP contribution is 2.47. The molecule has 40 heavy (non-hydrogen) atoms. The molecule has 6 rings (SSSR count). The minimum atomic E-state index is -1.18. The van der Waals surface area contributed by atoms with Crippen molar-refractivity contribution in [3.8, 4) is 11.1 Å². The van der Waals surface area contributed by atoms with Gasteiger partial charge in [-0.25, -0.2) is 22.5 Å². The van der Waals surface area contributed by atoms with Crippen molar-refractivity contribution in [2.45, 2.75) is 19.0 Å². The molecule has 4 aromatic rings. The molecule has 1 saturated heterocycles. The summed E-state index contributed by atoms with van der Waals surface area (Å²) in [6.45, 7) is 4.80. The lowest BCUT2D eigenvalue weighted by Crippen LogP contribution is -2.66. The zero-order valence-electron chi connectivity index (χ0n) is 20.9. The molecule has 2 aromatic carbocycles. The maximum absolute atomic E-state index is 16.3. The number of aromatic nitrogens is 2. The SMILES string of the molecule is C=C(F)C(=O)N1C[C@H]2CN(C)c3cnc4c(F)c(-c5c(F)cc(F)c6sc(N)nc56)c(Cl)cc4c3N2C(=O)[C@H]1C. The van der Waals surface area contributed by atoms with E-state index in [9.17, 15) is 18.4 Å². The van der Waals surface area contributed by atoms with Crippen LogP contribution in [0.25, 0.3) is 32.2 Å². The third-order valence-corrected chi connectivity index (χ3v) is 8.50. The molecule has 2 aliphatic rings. The summed E-state index contributed by atoms with van der Waals surface area (Å²) in [4.78, 5) is 38.6. The number of rotatable bonds is 2. The van der Waals surface area contributed by atoms with Crippen molar-refractivity contribution in [3.63, 3.8) is 0 Å². The van der Waals surface area contributed by atoms with Crippen LogP contribution in [0, 0.1) is 17.5 Å². The van der Waals surface area contributed by atoms with E-state index in [0.717, 1.165) is 16.2 Å². The smallest absolute Gasteiger partial charge is 0.282 e. The minimum absolute atomic E-state index is 0.000590. The lowest BCUT2D eigenvalue weighted by Gasteiger charge is -2.49. The van der Waals surface area contributed by atoms with Crippen molar-refractivity contribution >= 4 is 72.4 Å². The number of carbonyl (C=O) groups is 2. The Morgan fingerprint density at radius 2 is 1.90 bits per heavy atom. The molecule has 0 radical (unpaired) electrons. The molecule has 14 heteroatoms. The number of benzene rings is 2. The third kappa shape index (κ3) is 3.64. The second kappa shape index (κ2) is 9.03. The third-order valence-electron chi connectivity index (χ3n) is 7.31. The fourth-order valence-corrected chi connectivity index (χ4v) is 6.55. The van der Waals surface area contributed by atoms with Gasteiger partial charge in [-0.2, -0.15) is 0 Å². The number of halogens is 5. The Kier molecular flexibility index (Phi) is 5.93. The van der Waals surface area contributed by atoms with Gasteiger partial charge in [-0.1, -0.05) is 29.5 Å². The zero-order chi connectivity index (χ0) is 28.8. The molecule has 2 atom stereocenters. The molecule has 2 N–H and O–H groups in total. The number of piperazine rings is 1. The largest absolute Gasteiger partial charge is 0.375 e. The number of hydrogen-bond donors (Lipinski definition) is 1. The van der Waals surface area contributed by atoms with E-state index in [1.807, 2.05) is 0 Å². The fourth-order valence-electron chi connectivity index (χ4n) is 5.51. The van der Waals surface area contributed by atoms with Crippen LogP contribution in [0.15, 0.2) is 30.7 Å². The molecule has 0 unspecified atom stereocenters. The van der Waals surface area contributed by atoms with Crippen molar-refractivity contribution in [1.82, 2.24) is 14.9 Å². The van der Waals surface area contributed by atoms with Crippen molar-refractivity contribution in [3.05, 3.63) is 53.2 Å². The molecule has 8 nitrogen and oxygen atoms in total. The Hall–Kier alpha value is -3.97. The highest BCUT2D eigenvalue weighted by atomic mass is 35.5. The number of pyridine rings is 1. The molecular weight excluding hydrogens is 572 g/mol. The van der Waals surface area contributed by atoms with E-state index in [1.165, 1.54) is 24.1 Å². The van der Waals surface area contributed by atoms with Gasteiger partial charge >= 0.3 is 0 Å². The van der Waals surface area contributed by atoms with Crippen LogP contribution in [0.2, 0.25) is 5.02 Å². The molecule has 206 valence electrons. The molecule has 0 bridgehead atoms. The van der Waals surface area contributed by atoms with Gasteiger partial charge in [-0.15, -0.1) is 0 Å². The lowest BCUT2D eigenvalue weighted by atomic mass is 9.96. The number of anilines is 3. The van der Waals surface area contributed by atoms with Gasteiger partial charge in [0.15, 0.2) is 16.8 Å². The van der Waals surface area contributed by atoms with Gasteiger partial charge in [0.25, 0.3) is 5.91 Å². The Labute approximate surface area is 233 Å². The summed E-state index contributed by atoms with van der Waals surface area (Å²) in [6, 6.07) is 0.332. The van der Waals surface area contributed by atoms with Gasteiger partial charge in [0, 0.05) is 42.7 Å². The monoisotopic (exact) mass is 590 g/mol. The zero-order valence-corrected chi connectivity index (χ0v) is 22.5. The number of amides is 2. The maximum atomic E-state index is 16.3. The second-order valence-electron chi connectivity index (χ2n) is 9.66. The number of nitrogens with zero attached hydrogens (tertiary/aromatic N) is 5. The standard InChI is InChI=1S/C26H19ClF4N6O2S/c1-9(28)24(38)36-8-11-7-35(3)16-6-33-20-12(22(16)37(11)25(39)10(36)2)4-13(27)17(19(20)31)18-14(29)5-15(30)23-21(18)34-26(32)40-23/h4-6,10-11H,1,7-8H2,2-3H3,(H2,32,34)/t10-,11-/m1/s1. The van der Waals surface area contributed by atoms with E-state index in [0.29, 0.717) is 17.4 Å². The van der Waals surface area contributed by atoms with Gasteiger partial charge < -0.3 is 20.4 Å². The van der Waals surface area contributed by atoms with Crippen molar-refractivity contribution in [2.24, 2.45) is 0 Å². The average Bonchev–Trinajstić information content (AvgIpc) is 3.29. The first-order valence-electron chi connectivity index (χ1n) is 11.9. The van der Waals surface area contributed by atoms with Crippen LogP contribution in [-0.2, 0) is 9.59 Å². The van der Waals surface area contributed by atoms with Gasteiger partial charge in [0.1, 0.15) is 23.2 Å². The highest BCUT2D eigenvalue weighted by molar-refractivity contribution is 7.22. The summed E-state index contributed by atoms with van der Waals surface area (Å²) in [6.07, 6.45) is 1.38. The van der Waals surface area contributed by atoms with E-state index >= 15 is 8.78 Å². The molecule has 2 aromatic heterocycles. The van der Waals surface area contributed by atoms with Crippen LogP contribution in [0.3, 0.4) is 0 Å². The molecule has 4 heterocycles. The number of fused-ring (bicyclic) bond motifs is 6. The predicted molar refractivity (Wildman–Crippen MR) is 146 cm³/mol. The molecular formula is C26H19ClF4N6O2S. The van der Waals surface area contributed by atoms with Crippen molar-refractivity contribution in [1.29, 1.82) is 0 Å². The van der Waals surface area contributed by atoms with Crippen LogP contribution in [-0.4, -0.2) is 58.9 Å². The highest BCUT2D eigenvalue weighted by Gasteiger charge is 2.46. The van der Waals surface area contributed by atoms with Crippen LogP contribution >= 0.6 is 22.9 Å². The number of hydrogen-bond acceptors (Lipinski definition) is 7. The first-order chi connectivity index (χ1) is 18.9. The van der Waals surface area contributed by atoms with Crippen molar-refractivity contribution < 1.29 is 27.2 Å². The Bertz CT molecular complexity index is 1810. The second-order valence-corrected chi connectivity index (χ2v) is 11.1. The summed E-state index contributed by atoms with van der Waals surface area (Å²) < 4.78 is 59.5. The van der Waals surface area contributed by atoms with Gasteiger partial charge in [-0.05, 0) is 13.0 Å². The van der Waals surface area contributed by atoms with Gasteiger partial charge in [-0.3, -0.25) is 14.6 Å². The molecule has 0 saturated carbocycles. The van der Waals surface area contributed by atoms with Crippen LogP contribution < -0.4 is 15.5 Å². The fraction of sp³-hybridized carbons (Fsp3) is 0.231. The summed E-state index contributed by atoms with van der Waals surface area (Å²) in [7, 11) is 1.73. The summed E-state index contributed by atoms with van der Waals surface area (Å²) in [5.41, 5.74) is 5.36. The maximum Gasteiger partial charge on any atom is 0.282 e. The number of nitrogen functional groups attached to an aromatic ring is 1. The van der Waals surface area contributed by atoms with Gasteiger partial charge in [0.05, 0.1) is 38.9 Å². The van der Waals surface area contributed by atoms with Crippen molar-refractivity contribution in [2.75, 3.05) is 35.7 Å². The molecule has 2 aliphatic heterocycles. The molecule has 2 amide bonds. The number of thiazole rings is 1. The minimum Gasteiger partial charge on any atom is -0.375 e. The topological polar surface area (TPSA) is 95.7 Å². The summed E-state index contributed by atoms with van der Waals surface area (Å²) in [5, 5.41) is -0.112. The van der Waals surface area contributed by atoms with Crippen LogP contribution in [0.4, 0.5) is 34.1 Å². The van der Waals surface area contributed by atoms with E-state index in [1.54, 1.807) is 11.9 Å². The Morgan fingerprint density at radius 1 is 1.18 bits per heavy atom. The predicted octanol–water partition coefficient (Wildman–Crippen LogP) is 5.03. The van der Waals surface area contributed by atoms with E-state index < -0.39 is 47.2 Å². The summed E-state index contributed by atoms with van der Waals surface area (Å²) >= 11 is 7.36. The summed E-state index contributed by atoms with van der Waals surface area (Å²) in [5.74, 6) is -5.67.